The van der Waals surface area contributed by atoms with Crippen LogP contribution in [0.1, 0.15) is 24.5 Å². The molecule has 0 saturated carbocycles. The highest BCUT2D eigenvalue weighted by molar-refractivity contribution is 7.98. The Labute approximate surface area is 164 Å². The molecule has 5 rings (SSSR count). The summed E-state index contributed by atoms with van der Waals surface area (Å²) in [5.41, 5.74) is 0. The van der Waals surface area contributed by atoms with E-state index in [1.54, 1.807) is 24.7 Å². The van der Waals surface area contributed by atoms with Crippen molar-refractivity contribution in [2.45, 2.75) is 30.3 Å². The van der Waals surface area contributed by atoms with Gasteiger partial charge >= 0.3 is 0 Å². The van der Waals surface area contributed by atoms with E-state index in [9.17, 15) is 0 Å². The summed E-state index contributed by atoms with van der Waals surface area (Å²) < 4.78 is 18.2. The van der Waals surface area contributed by atoms with Crippen molar-refractivity contribution in [3.63, 3.8) is 0 Å². The fourth-order valence-corrected chi connectivity index (χ4v) is 3.95. The maximum atomic E-state index is 5.53. The minimum Gasteiger partial charge on any atom is -0.467 e. The van der Waals surface area contributed by atoms with Gasteiger partial charge in [-0.15, -0.1) is 10.2 Å². The molecule has 0 spiro atoms. The SMILES string of the molecule is c1coc(Cn2c(SCc3nc(-c4ccco4)no3)nnc2N2CCCC2)c1. The molecule has 0 aromatic carbocycles. The molecule has 1 aliphatic rings. The van der Waals surface area contributed by atoms with Crippen molar-refractivity contribution >= 4 is 17.7 Å². The summed E-state index contributed by atoms with van der Waals surface area (Å²) in [5.74, 6) is 3.75. The second-order valence-electron chi connectivity index (χ2n) is 6.42. The Morgan fingerprint density at radius 2 is 1.89 bits per heavy atom. The number of furan rings is 2. The molecule has 0 radical (unpaired) electrons. The third-order valence-corrected chi connectivity index (χ3v) is 5.47. The highest BCUT2D eigenvalue weighted by Crippen LogP contribution is 2.28. The average Bonchev–Trinajstić information content (AvgIpc) is 3.53. The second-order valence-corrected chi connectivity index (χ2v) is 7.36. The van der Waals surface area contributed by atoms with Crippen LogP contribution in [0, 0.1) is 0 Å². The van der Waals surface area contributed by atoms with Gasteiger partial charge in [-0.05, 0) is 37.1 Å². The summed E-state index contributed by atoms with van der Waals surface area (Å²) in [6.07, 6.45) is 5.61. The molecule has 0 bridgehead atoms. The lowest BCUT2D eigenvalue weighted by atomic mass is 10.4. The number of thioether (sulfide) groups is 1. The van der Waals surface area contributed by atoms with Crippen molar-refractivity contribution < 1.29 is 13.4 Å². The lowest BCUT2D eigenvalue weighted by Gasteiger charge is -2.17. The van der Waals surface area contributed by atoms with Gasteiger partial charge in [-0.2, -0.15) is 4.98 Å². The van der Waals surface area contributed by atoms with Gasteiger partial charge in [-0.1, -0.05) is 16.9 Å². The topological polar surface area (TPSA) is 99.1 Å². The van der Waals surface area contributed by atoms with Gasteiger partial charge in [-0.25, -0.2) is 0 Å². The number of anilines is 1. The van der Waals surface area contributed by atoms with Crippen LogP contribution >= 0.6 is 11.8 Å². The lowest BCUT2D eigenvalue weighted by molar-refractivity contribution is 0.390. The molecule has 0 unspecified atom stereocenters. The molecule has 28 heavy (non-hydrogen) atoms. The Balaban J connectivity index is 1.35. The predicted molar refractivity (Wildman–Crippen MR) is 101 cm³/mol. The molecule has 0 aliphatic carbocycles. The van der Waals surface area contributed by atoms with Crippen molar-refractivity contribution in [2.24, 2.45) is 0 Å². The summed E-state index contributed by atoms with van der Waals surface area (Å²) in [4.78, 5) is 6.64. The average molecular weight is 398 g/mol. The van der Waals surface area contributed by atoms with Crippen molar-refractivity contribution in [1.29, 1.82) is 0 Å². The zero-order valence-corrected chi connectivity index (χ0v) is 15.8. The van der Waals surface area contributed by atoms with Gasteiger partial charge in [0, 0.05) is 13.1 Å². The van der Waals surface area contributed by atoms with Crippen molar-refractivity contribution in [3.8, 4) is 11.6 Å². The van der Waals surface area contributed by atoms with Crippen molar-refractivity contribution in [1.82, 2.24) is 24.9 Å². The molecule has 1 saturated heterocycles. The molecule has 0 atom stereocenters. The standard InChI is InChI=1S/C18H18N6O3S/c1-2-8-23(7-1)17-20-21-18(24(17)11-13-5-3-9-25-13)28-12-15-19-16(22-27-15)14-6-4-10-26-14/h3-6,9-10H,1-2,7-8,11-12H2. The molecular weight excluding hydrogens is 380 g/mol. The summed E-state index contributed by atoms with van der Waals surface area (Å²) in [6, 6.07) is 7.42. The van der Waals surface area contributed by atoms with Gasteiger partial charge in [0.15, 0.2) is 10.9 Å². The zero-order chi connectivity index (χ0) is 18.8. The molecule has 9 nitrogen and oxygen atoms in total. The first-order chi connectivity index (χ1) is 13.9. The first-order valence-corrected chi connectivity index (χ1v) is 10.1. The molecule has 1 fully saturated rings. The lowest BCUT2D eigenvalue weighted by Crippen LogP contribution is -2.22. The normalized spacial score (nSPS) is 14.2. The molecule has 5 heterocycles. The second kappa shape index (κ2) is 7.55. The van der Waals surface area contributed by atoms with Gasteiger partial charge < -0.3 is 18.3 Å². The van der Waals surface area contributed by atoms with Gasteiger partial charge in [0.1, 0.15) is 5.76 Å². The maximum Gasteiger partial charge on any atom is 0.238 e. The smallest absolute Gasteiger partial charge is 0.238 e. The van der Waals surface area contributed by atoms with Gasteiger partial charge in [0.05, 0.1) is 24.8 Å². The number of rotatable bonds is 7. The van der Waals surface area contributed by atoms with Gasteiger partial charge in [0.2, 0.25) is 17.7 Å². The van der Waals surface area contributed by atoms with Crippen LogP contribution in [0.3, 0.4) is 0 Å². The first-order valence-electron chi connectivity index (χ1n) is 9.06. The van der Waals surface area contributed by atoms with Crippen LogP contribution in [-0.2, 0) is 12.3 Å². The third kappa shape index (κ3) is 3.42. The van der Waals surface area contributed by atoms with Gasteiger partial charge in [-0.3, -0.25) is 4.57 Å². The van der Waals surface area contributed by atoms with Crippen LogP contribution in [0.5, 0.6) is 0 Å². The molecule has 1 aliphatic heterocycles. The van der Waals surface area contributed by atoms with Crippen molar-refractivity contribution in [3.05, 3.63) is 48.4 Å². The minimum atomic E-state index is 0.440. The number of hydrogen-bond donors (Lipinski definition) is 0. The van der Waals surface area contributed by atoms with E-state index in [2.05, 4.69) is 29.8 Å². The van der Waals surface area contributed by atoms with E-state index in [0.29, 0.717) is 29.8 Å². The Hall–Kier alpha value is -3.01. The molecule has 0 N–H and O–H groups in total. The summed E-state index contributed by atoms with van der Waals surface area (Å²) in [5, 5.41) is 13.6. The fourth-order valence-electron chi connectivity index (χ4n) is 3.18. The molecule has 4 aromatic rings. The van der Waals surface area contributed by atoms with E-state index in [-0.39, 0.29) is 0 Å². The quantitative estimate of drug-likeness (QED) is 0.433. The Kier molecular flexibility index (Phi) is 4.61. The highest BCUT2D eigenvalue weighted by Gasteiger charge is 2.22. The Bertz CT molecular complexity index is 1020. The van der Waals surface area contributed by atoms with Crippen LogP contribution in [0.25, 0.3) is 11.6 Å². The van der Waals surface area contributed by atoms with Crippen molar-refractivity contribution in [2.75, 3.05) is 18.0 Å². The molecule has 4 aromatic heterocycles. The summed E-state index contributed by atoms with van der Waals surface area (Å²) in [7, 11) is 0. The molecule has 144 valence electrons. The molecule has 0 amide bonds. The zero-order valence-electron chi connectivity index (χ0n) is 15.0. The van der Waals surface area contributed by atoms with Crippen LogP contribution < -0.4 is 4.90 Å². The minimum absolute atomic E-state index is 0.440. The van der Waals surface area contributed by atoms with E-state index in [1.807, 2.05) is 12.1 Å². The predicted octanol–water partition coefficient (Wildman–Crippen LogP) is 3.45. The third-order valence-electron chi connectivity index (χ3n) is 4.51. The molecular formula is C18H18N6O3S. The maximum absolute atomic E-state index is 5.53. The van der Waals surface area contributed by atoms with Crippen LogP contribution in [0.2, 0.25) is 0 Å². The number of nitrogens with zero attached hydrogens (tertiary/aromatic N) is 6. The largest absolute Gasteiger partial charge is 0.467 e. The summed E-state index contributed by atoms with van der Waals surface area (Å²) >= 11 is 1.51. The summed E-state index contributed by atoms with van der Waals surface area (Å²) in [6.45, 7) is 2.57. The van der Waals surface area contributed by atoms with Gasteiger partial charge in [0.25, 0.3) is 0 Å². The van der Waals surface area contributed by atoms with E-state index in [0.717, 1.165) is 30.0 Å². The van der Waals surface area contributed by atoms with Crippen LogP contribution in [0.4, 0.5) is 5.95 Å². The van der Waals surface area contributed by atoms with E-state index < -0.39 is 0 Å². The van der Waals surface area contributed by atoms with E-state index in [1.165, 1.54) is 24.6 Å². The molecule has 10 heteroatoms. The van der Waals surface area contributed by atoms with Crippen LogP contribution in [0.15, 0.2) is 55.3 Å². The van der Waals surface area contributed by atoms with E-state index >= 15 is 0 Å². The van der Waals surface area contributed by atoms with Crippen LogP contribution in [-0.4, -0.2) is 38.0 Å². The fraction of sp³-hybridized carbons (Fsp3) is 0.333. The Morgan fingerprint density at radius 1 is 1.04 bits per heavy atom. The first kappa shape index (κ1) is 17.1. The Morgan fingerprint density at radius 3 is 2.68 bits per heavy atom. The number of aromatic nitrogens is 5. The monoisotopic (exact) mass is 398 g/mol. The number of hydrogen-bond acceptors (Lipinski definition) is 9. The van der Waals surface area contributed by atoms with E-state index in [4.69, 9.17) is 13.4 Å². The highest BCUT2D eigenvalue weighted by atomic mass is 32.2.